The zero-order valence-corrected chi connectivity index (χ0v) is 18.3. The molecule has 2 aromatic heterocycles. The number of fused-ring (bicyclic) bond motifs is 3. The monoisotopic (exact) mass is 427 g/mol. The number of hydrogen-bond acceptors (Lipinski definition) is 4. The lowest BCUT2D eigenvalue weighted by Gasteiger charge is -2.28. The van der Waals surface area contributed by atoms with Crippen LogP contribution in [0.15, 0.2) is 41.6 Å². The predicted octanol–water partition coefficient (Wildman–Crippen LogP) is 3.92. The van der Waals surface area contributed by atoms with Crippen molar-refractivity contribution in [1.82, 2.24) is 13.9 Å². The molecular formula is C22H25N3O4S. The van der Waals surface area contributed by atoms with Gasteiger partial charge in [0.05, 0.1) is 11.4 Å². The van der Waals surface area contributed by atoms with E-state index >= 15 is 0 Å². The van der Waals surface area contributed by atoms with Gasteiger partial charge in [0.15, 0.2) is 5.65 Å². The fraction of sp³-hybridized carbons (Fsp3) is 0.364. The molecule has 0 atom stereocenters. The molecule has 30 heavy (non-hydrogen) atoms. The van der Waals surface area contributed by atoms with Crippen molar-refractivity contribution in [2.24, 2.45) is 0 Å². The minimum absolute atomic E-state index is 0.210. The van der Waals surface area contributed by atoms with Crippen LogP contribution in [0, 0.1) is 6.92 Å². The maximum absolute atomic E-state index is 13.4. The summed E-state index contributed by atoms with van der Waals surface area (Å²) in [5.41, 5.74) is 3.76. The van der Waals surface area contributed by atoms with Crippen molar-refractivity contribution < 1.29 is 18.3 Å². The molecule has 158 valence electrons. The molecule has 3 heterocycles. The van der Waals surface area contributed by atoms with Gasteiger partial charge in [-0.25, -0.2) is 22.2 Å². The van der Waals surface area contributed by atoms with Crippen molar-refractivity contribution >= 4 is 27.1 Å². The lowest BCUT2D eigenvalue weighted by Crippen LogP contribution is -2.35. The number of hydrogen-bond donors (Lipinski definition) is 1. The van der Waals surface area contributed by atoms with Crippen LogP contribution in [0.1, 0.15) is 43.0 Å². The molecule has 1 aliphatic heterocycles. The molecule has 3 aromatic rings. The predicted molar refractivity (Wildman–Crippen MR) is 114 cm³/mol. The minimum Gasteiger partial charge on any atom is -0.465 e. The van der Waals surface area contributed by atoms with Crippen LogP contribution < -0.4 is 0 Å². The molecule has 1 N–H and O–H groups in total. The SMILES string of the molecule is Cc1ccc(S(=O)(=O)n2cc(C(C)(C)C)c3c4c(cnc32)CN(C(=O)O)CC4)cc1. The van der Waals surface area contributed by atoms with E-state index in [0.717, 1.165) is 27.6 Å². The van der Waals surface area contributed by atoms with Gasteiger partial charge in [0.1, 0.15) is 0 Å². The molecule has 0 radical (unpaired) electrons. The van der Waals surface area contributed by atoms with E-state index in [9.17, 15) is 18.3 Å². The Morgan fingerprint density at radius 2 is 1.83 bits per heavy atom. The smallest absolute Gasteiger partial charge is 0.407 e. The Labute approximate surface area is 176 Å². The van der Waals surface area contributed by atoms with Crippen LogP contribution in [0.25, 0.3) is 11.0 Å². The second-order valence-electron chi connectivity index (χ2n) is 8.82. The highest BCUT2D eigenvalue weighted by Crippen LogP contribution is 2.37. The molecule has 0 fully saturated rings. The third-order valence-electron chi connectivity index (χ3n) is 5.63. The second-order valence-corrected chi connectivity index (χ2v) is 10.6. The van der Waals surface area contributed by atoms with E-state index in [0.29, 0.717) is 18.6 Å². The van der Waals surface area contributed by atoms with Crippen LogP contribution in [0.3, 0.4) is 0 Å². The Hall–Kier alpha value is -2.87. The van der Waals surface area contributed by atoms with Gasteiger partial charge in [-0.1, -0.05) is 38.5 Å². The Morgan fingerprint density at radius 1 is 1.17 bits per heavy atom. The lowest BCUT2D eigenvalue weighted by atomic mass is 9.84. The number of rotatable bonds is 2. The molecule has 0 spiro atoms. The average molecular weight is 428 g/mol. The van der Waals surface area contributed by atoms with Crippen molar-refractivity contribution in [3.05, 3.63) is 58.9 Å². The standard InChI is InChI=1S/C22H25N3O4S/c1-14-5-7-16(8-6-14)30(28,29)25-13-18(22(2,3)4)19-17-9-10-24(21(26)27)12-15(17)11-23-20(19)25/h5-8,11,13H,9-10,12H2,1-4H3,(H,26,27). The highest BCUT2D eigenvalue weighted by molar-refractivity contribution is 7.90. The van der Waals surface area contributed by atoms with E-state index in [1.807, 2.05) is 27.7 Å². The molecule has 0 unspecified atom stereocenters. The van der Waals surface area contributed by atoms with E-state index in [1.54, 1.807) is 36.7 Å². The summed E-state index contributed by atoms with van der Waals surface area (Å²) in [5.74, 6) is 0. The Balaban J connectivity index is 1.97. The highest BCUT2D eigenvalue weighted by atomic mass is 32.2. The van der Waals surface area contributed by atoms with Gasteiger partial charge < -0.3 is 10.0 Å². The van der Waals surface area contributed by atoms with E-state index in [2.05, 4.69) is 4.98 Å². The summed E-state index contributed by atoms with van der Waals surface area (Å²) in [6, 6.07) is 6.77. The summed E-state index contributed by atoms with van der Waals surface area (Å²) in [7, 11) is -3.82. The molecule has 0 saturated carbocycles. The first-order valence-electron chi connectivity index (χ1n) is 9.82. The summed E-state index contributed by atoms with van der Waals surface area (Å²) < 4.78 is 28.2. The molecular weight excluding hydrogens is 402 g/mol. The van der Waals surface area contributed by atoms with Crippen molar-refractivity contribution in [1.29, 1.82) is 0 Å². The van der Waals surface area contributed by atoms with Gasteiger partial charge in [-0.15, -0.1) is 0 Å². The van der Waals surface area contributed by atoms with Gasteiger partial charge in [-0.3, -0.25) is 0 Å². The third kappa shape index (κ3) is 3.25. The van der Waals surface area contributed by atoms with Gasteiger partial charge in [0, 0.05) is 24.3 Å². The second kappa shape index (κ2) is 6.84. The topological polar surface area (TPSA) is 92.5 Å². The first-order chi connectivity index (χ1) is 14.0. The Kier molecular flexibility index (Phi) is 4.65. The maximum atomic E-state index is 13.4. The fourth-order valence-electron chi connectivity index (χ4n) is 3.96. The summed E-state index contributed by atoms with van der Waals surface area (Å²) in [6.07, 6.45) is 2.85. The molecule has 0 aliphatic carbocycles. The van der Waals surface area contributed by atoms with Gasteiger partial charge >= 0.3 is 6.09 Å². The summed E-state index contributed by atoms with van der Waals surface area (Å²) in [4.78, 5) is 17.5. The van der Waals surface area contributed by atoms with Crippen LogP contribution in [-0.4, -0.2) is 40.0 Å². The number of amides is 1. The molecule has 0 saturated heterocycles. The van der Waals surface area contributed by atoms with Crippen molar-refractivity contribution in [2.75, 3.05) is 6.54 Å². The molecule has 1 aliphatic rings. The molecule has 8 heteroatoms. The molecule has 1 amide bonds. The van der Waals surface area contributed by atoms with Crippen molar-refractivity contribution in [2.45, 2.75) is 51.0 Å². The van der Waals surface area contributed by atoms with Gasteiger partial charge in [-0.05, 0) is 47.6 Å². The fourth-order valence-corrected chi connectivity index (χ4v) is 5.28. The van der Waals surface area contributed by atoms with Gasteiger partial charge in [-0.2, -0.15) is 0 Å². The Bertz CT molecular complexity index is 1250. The van der Waals surface area contributed by atoms with Crippen LogP contribution in [0.2, 0.25) is 0 Å². The number of benzene rings is 1. The average Bonchev–Trinajstić information content (AvgIpc) is 3.09. The summed E-state index contributed by atoms with van der Waals surface area (Å²) >= 11 is 0. The normalized spacial score (nSPS) is 14.7. The molecule has 1 aromatic carbocycles. The quantitative estimate of drug-likeness (QED) is 0.669. The third-order valence-corrected chi connectivity index (χ3v) is 7.29. The number of carboxylic acid groups (broad SMARTS) is 1. The Morgan fingerprint density at radius 3 is 2.43 bits per heavy atom. The van der Waals surface area contributed by atoms with Crippen LogP contribution in [0.4, 0.5) is 4.79 Å². The van der Waals surface area contributed by atoms with Crippen LogP contribution >= 0.6 is 0 Å². The molecule has 7 nitrogen and oxygen atoms in total. The first-order valence-corrected chi connectivity index (χ1v) is 11.3. The minimum atomic E-state index is -3.82. The van der Waals surface area contributed by atoms with E-state index < -0.39 is 16.1 Å². The van der Waals surface area contributed by atoms with E-state index in [-0.39, 0.29) is 16.9 Å². The summed E-state index contributed by atoms with van der Waals surface area (Å²) in [6.45, 7) is 8.66. The zero-order chi connectivity index (χ0) is 21.8. The van der Waals surface area contributed by atoms with Crippen molar-refractivity contribution in [3.63, 3.8) is 0 Å². The number of carbonyl (C=O) groups is 1. The summed E-state index contributed by atoms with van der Waals surface area (Å²) in [5, 5.41) is 10.2. The van der Waals surface area contributed by atoms with Gasteiger partial charge in [0.25, 0.3) is 10.0 Å². The van der Waals surface area contributed by atoms with Crippen LogP contribution in [0.5, 0.6) is 0 Å². The first kappa shape index (κ1) is 20.4. The largest absolute Gasteiger partial charge is 0.465 e. The number of nitrogens with zero attached hydrogens (tertiary/aromatic N) is 3. The zero-order valence-electron chi connectivity index (χ0n) is 17.5. The maximum Gasteiger partial charge on any atom is 0.407 e. The van der Waals surface area contributed by atoms with E-state index in [1.165, 1.54) is 8.87 Å². The van der Waals surface area contributed by atoms with Gasteiger partial charge in [0.2, 0.25) is 0 Å². The molecule has 4 rings (SSSR count). The van der Waals surface area contributed by atoms with Crippen molar-refractivity contribution in [3.8, 4) is 0 Å². The molecule has 0 bridgehead atoms. The highest BCUT2D eigenvalue weighted by Gasteiger charge is 2.31. The van der Waals surface area contributed by atoms with Crippen LogP contribution in [-0.2, 0) is 28.4 Å². The number of aromatic nitrogens is 2. The van der Waals surface area contributed by atoms with E-state index in [4.69, 9.17) is 0 Å². The lowest BCUT2D eigenvalue weighted by molar-refractivity contribution is 0.140. The number of pyridine rings is 1. The number of aryl methyl sites for hydroxylation is 1.